The molecule has 144 valence electrons. The van der Waals surface area contributed by atoms with Gasteiger partial charge in [0.15, 0.2) is 6.61 Å². The third kappa shape index (κ3) is 4.94. The van der Waals surface area contributed by atoms with Crippen LogP contribution < -0.4 is 5.32 Å². The molecule has 1 aromatic heterocycles. The summed E-state index contributed by atoms with van der Waals surface area (Å²) in [7, 11) is -1.33. The number of hydrogen-bond acceptors (Lipinski definition) is 5. The summed E-state index contributed by atoms with van der Waals surface area (Å²) in [4.78, 5) is 26.1. The van der Waals surface area contributed by atoms with E-state index in [0.29, 0.717) is 4.90 Å². The lowest BCUT2D eigenvalue weighted by Crippen LogP contribution is -2.32. The third-order valence-corrected chi connectivity index (χ3v) is 5.93. The van der Waals surface area contributed by atoms with Crippen LogP contribution in [0.4, 0.5) is 0 Å². The first kappa shape index (κ1) is 20.0. The zero-order chi connectivity index (χ0) is 19.9. The van der Waals surface area contributed by atoms with E-state index in [1.165, 1.54) is 23.7 Å². The highest BCUT2D eigenvalue weighted by Crippen LogP contribution is 2.25. The Morgan fingerprint density at radius 1 is 1.04 bits per heavy atom. The van der Waals surface area contributed by atoms with Crippen LogP contribution >= 0.6 is 11.3 Å². The quantitative estimate of drug-likeness (QED) is 0.601. The Balaban J connectivity index is 1.67. The van der Waals surface area contributed by atoms with E-state index in [1.54, 1.807) is 18.2 Å². The van der Waals surface area contributed by atoms with Crippen LogP contribution in [0.25, 0.3) is 0 Å². The summed E-state index contributed by atoms with van der Waals surface area (Å²) >= 11 is 1.54. The lowest BCUT2D eigenvalue weighted by molar-refractivity contribution is -0.124. The molecule has 0 radical (unpaired) electrons. The van der Waals surface area contributed by atoms with Crippen molar-refractivity contribution in [2.24, 2.45) is 0 Å². The average Bonchev–Trinajstić information content (AvgIpc) is 3.25. The molecule has 2 atom stereocenters. The molecule has 1 heterocycles. The van der Waals surface area contributed by atoms with E-state index in [1.807, 2.05) is 47.8 Å². The second kappa shape index (κ2) is 9.43. The topological polar surface area (TPSA) is 72.5 Å². The van der Waals surface area contributed by atoms with Crippen LogP contribution in [-0.4, -0.2) is 28.9 Å². The molecular weight excluding hydrogens is 394 g/mol. The fourth-order valence-electron chi connectivity index (χ4n) is 2.72. The van der Waals surface area contributed by atoms with Crippen LogP contribution in [0.2, 0.25) is 0 Å². The lowest BCUT2D eigenvalue weighted by atomic mass is 10.1. The third-order valence-electron chi connectivity index (χ3n) is 4.02. The molecule has 1 N–H and O–H groups in total. The molecule has 1 amide bonds. The molecule has 0 aliphatic carbocycles. The number of thiophene rings is 1. The first-order valence-corrected chi connectivity index (χ1v) is 11.0. The van der Waals surface area contributed by atoms with Gasteiger partial charge in [0, 0.05) is 11.1 Å². The van der Waals surface area contributed by atoms with Crippen LogP contribution in [0.5, 0.6) is 0 Å². The van der Waals surface area contributed by atoms with Crippen molar-refractivity contribution in [1.82, 2.24) is 5.32 Å². The summed E-state index contributed by atoms with van der Waals surface area (Å²) in [6, 6.07) is 19.6. The number of carbonyl (C=O) groups excluding carboxylic acids is 2. The SMILES string of the molecule is C[S@@](=O)c1ccccc1C(=O)OCC(=O)N[C@H](c1ccccc1)c1cccs1. The molecule has 3 aromatic rings. The van der Waals surface area contributed by atoms with Gasteiger partial charge in [0.05, 0.1) is 27.3 Å². The number of esters is 1. The Hall–Kier alpha value is -2.77. The van der Waals surface area contributed by atoms with Gasteiger partial charge >= 0.3 is 5.97 Å². The highest BCUT2D eigenvalue weighted by Gasteiger charge is 2.20. The van der Waals surface area contributed by atoms with Gasteiger partial charge in [-0.3, -0.25) is 9.00 Å². The monoisotopic (exact) mass is 413 g/mol. The average molecular weight is 414 g/mol. The smallest absolute Gasteiger partial charge is 0.339 e. The van der Waals surface area contributed by atoms with Crippen molar-refractivity contribution in [3.8, 4) is 0 Å². The largest absolute Gasteiger partial charge is 0.452 e. The van der Waals surface area contributed by atoms with E-state index < -0.39 is 29.3 Å². The first-order valence-electron chi connectivity index (χ1n) is 8.53. The molecule has 0 bridgehead atoms. The van der Waals surface area contributed by atoms with E-state index in [2.05, 4.69) is 5.32 Å². The first-order chi connectivity index (χ1) is 13.6. The Morgan fingerprint density at radius 3 is 2.43 bits per heavy atom. The minimum absolute atomic E-state index is 0.203. The molecule has 0 saturated heterocycles. The summed E-state index contributed by atoms with van der Waals surface area (Å²) in [5.74, 6) is -1.08. The Kier molecular flexibility index (Phi) is 6.73. The Bertz CT molecular complexity index is 971. The van der Waals surface area contributed by atoms with Gasteiger partial charge in [-0.25, -0.2) is 4.79 Å². The molecule has 0 fully saturated rings. The molecule has 0 aliphatic rings. The number of amides is 1. The number of hydrogen-bond donors (Lipinski definition) is 1. The van der Waals surface area contributed by atoms with Gasteiger partial charge in [-0.05, 0) is 29.1 Å². The van der Waals surface area contributed by atoms with Crippen LogP contribution in [0, 0.1) is 0 Å². The number of carbonyl (C=O) groups is 2. The van der Waals surface area contributed by atoms with Crippen molar-refractivity contribution in [3.05, 3.63) is 88.1 Å². The van der Waals surface area contributed by atoms with Crippen LogP contribution in [0.1, 0.15) is 26.8 Å². The van der Waals surface area contributed by atoms with Crippen LogP contribution in [0.3, 0.4) is 0 Å². The molecule has 0 spiro atoms. The van der Waals surface area contributed by atoms with E-state index in [4.69, 9.17) is 4.74 Å². The van der Waals surface area contributed by atoms with E-state index in [9.17, 15) is 13.8 Å². The summed E-state index contributed by atoms with van der Waals surface area (Å²) in [6.45, 7) is -0.418. The molecular formula is C21H19NO4S2. The molecule has 28 heavy (non-hydrogen) atoms. The molecule has 5 nitrogen and oxygen atoms in total. The van der Waals surface area contributed by atoms with Crippen molar-refractivity contribution in [2.75, 3.05) is 12.9 Å². The van der Waals surface area contributed by atoms with Crippen LogP contribution in [-0.2, 0) is 20.3 Å². The van der Waals surface area contributed by atoms with Crippen molar-refractivity contribution >= 4 is 34.0 Å². The fourth-order valence-corrected chi connectivity index (χ4v) is 4.25. The second-order valence-electron chi connectivity index (χ2n) is 5.95. The van der Waals surface area contributed by atoms with Gasteiger partial charge < -0.3 is 10.1 Å². The highest BCUT2D eigenvalue weighted by atomic mass is 32.2. The van der Waals surface area contributed by atoms with Gasteiger partial charge in [-0.1, -0.05) is 48.5 Å². The number of nitrogens with one attached hydrogen (secondary N) is 1. The molecule has 3 rings (SSSR count). The number of rotatable bonds is 7. The zero-order valence-electron chi connectivity index (χ0n) is 15.2. The van der Waals surface area contributed by atoms with Gasteiger partial charge in [-0.2, -0.15) is 0 Å². The molecule has 2 aromatic carbocycles. The lowest BCUT2D eigenvalue weighted by Gasteiger charge is -2.18. The number of benzene rings is 2. The summed E-state index contributed by atoms with van der Waals surface area (Å²) in [6.07, 6.45) is 1.49. The van der Waals surface area contributed by atoms with E-state index in [0.717, 1.165) is 10.4 Å². The van der Waals surface area contributed by atoms with Crippen LogP contribution in [0.15, 0.2) is 77.0 Å². The fraction of sp³-hybridized carbons (Fsp3) is 0.143. The zero-order valence-corrected chi connectivity index (χ0v) is 16.8. The minimum atomic E-state index is -1.33. The highest BCUT2D eigenvalue weighted by molar-refractivity contribution is 7.84. The van der Waals surface area contributed by atoms with Gasteiger partial charge in [0.25, 0.3) is 5.91 Å². The molecule has 0 saturated carbocycles. The molecule has 0 aliphatic heterocycles. The van der Waals surface area contributed by atoms with E-state index >= 15 is 0 Å². The standard InChI is InChI=1S/C21H19NO4S2/c1-28(25)18-12-6-5-10-16(18)21(24)26-14-19(23)22-20(17-11-7-13-27-17)15-8-3-2-4-9-15/h2-13,20H,14H2,1H3,(H,22,23)/t20-,28-/m1/s1. The summed E-state index contributed by atoms with van der Waals surface area (Å²) in [5.41, 5.74) is 1.14. The Labute approximate surface area is 169 Å². The second-order valence-corrected chi connectivity index (χ2v) is 8.28. The molecule has 0 unspecified atom stereocenters. The van der Waals surface area contributed by atoms with Gasteiger partial charge in [0.1, 0.15) is 0 Å². The normalized spacial score (nSPS) is 12.8. The maximum absolute atomic E-state index is 12.4. The maximum atomic E-state index is 12.4. The Morgan fingerprint density at radius 2 is 1.75 bits per heavy atom. The predicted octanol–water partition coefficient (Wildman–Crippen LogP) is 3.55. The molecule has 7 heteroatoms. The summed E-state index contributed by atoms with van der Waals surface area (Å²) in [5, 5.41) is 4.86. The van der Waals surface area contributed by atoms with Gasteiger partial charge in [0.2, 0.25) is 0 Å². The number of ether oxygens (including phenoxy) is 1. The predicted molar refractivity (Wildman–Crippen MR) is 110 cm³/mol. The van der Waals surface area contributed by atoms with Crippen molar-refractivity contribution in [3.63, 3.8) is 0 Å². The summed E-state index contributed by atoms with van der Waals surface area (Å²) < 4.78 is 16.9. The van der Waals surface area contributed by atoms with E-state index in [-0.39, 0.29) is 11.6 Å². The van der Waals surface area contributed by atoms with Crippen molar-refractivity contribution in [1.29, 1.82) is 0 Å². The van der Waals surface area contributed by atoms with Crippen molar-refractivity contribution in [2.45, 2.75) is 10.9 Å². The minimum Gasteiger partial charge on any atom is -0.452 e. The maximum Gasteiger partial charge on any atom is 0.339 e. The van der Waals surface area contributed by atoms with Gasteiger partial charge in [-0.15, -0.1) is 11.3 Å². The van der Waals surface area contributed by atoms with Crippen molar-refractivity contribution < 1.29 is 18.5 Å².